The van der Waals surface area contributed by atoms with Crippen LogP contribution in [0.3, 0.4) is 0 Å². The van der Waals surface area contributed by atoms with Crippen LogP contribution >= 0.6 is 12.4 Å². The van der Waals surface area contributed by atoms with Gasteiger partial charge in [-0.2, -0.15) is 0 Å². The summed E-state index contributed by atoms with van der Waals surface area (Å²) in [4.78, 5) is 10.5. The number of methoxy groups -OCH3 is 1. The fourth-order valence-electron chi connectivity index (χ4n) is 1.85. The second-order valence-electron chi connectivity index (χ2n) is 3.77. The molecule has 7 heteroatoms. The largest absolute Gasteiger partial charge is 0.490 e. The Hall–Kier alpha value is -1.37. The van der Waals surface area contributed by atoms with Crippen LogP contribution in [0.2, 0.25) is 0 Å². The van der Waals surface area contributed by atoms with Crippen molar-refractivity contribution in [1.82, 2.24) is 5.32 Å². The van der Waals surface area contributed by atoms with Crippen molar-refractivity contribution in [3.05, 3.63) is 33.9 Å². The highest BCUT2D eigenvalue weighted by Crippen LogP contribution is 2.30. The molecule has 18 heavy (non-hydrogen) atoms. The first-order valence-electron chi connectivity index (χ1n) is 5.36. The van der Waals surface area contributed by atoms with E-state index in [9.17, 15) is 10.1 Å². The smallest absolute Gasteiger partial charge is 0.311 e. The fraction of sp³-hybridized carbons (Fsp3) is 0.455. The lowest BCUT2D eigenvalue weighted by Gasteiger charge is -2.24. The topological polar surface area (TPSA) is 73.6 Å². The molecule has 1 heterocycles. The van der Waals surface area contributed by atoms with Gasteiger partial charge in [-0.1, -0.05) is 6.07 Å². The van der Waals surface area contributed by atoms with Crippen molar-refractivity contribution in [2.45, 2.75) is 6.04 Å². The van der Waals surface area contributed by atoms with Gasteiger partial charge in [0.2, 0.25) is 0 Å². The Balaban J connectivity index is 0.00000162. The predicted molar refractivity (Wildman–Crippen MR) is 68.5 cm³/mol. The third kappa shape index (κ3) is 3.10. The van der Waals surface area contributed by atoms with Crippen molar-refractivity contribution in [2.24, 2.45) is 0 Å². The van der Waals surface area contributed by atoms with Crippen LogP contribution in [0.5, 0.6) is 5.75 Å². The molecule has 0 spiro atoms. The van der Waals surface area contributed by atoms with E-state index in [0.717, 1.165) is 12.1 Å². The van der Waals surface area contributed by atoms with E-state index >= 15 is 0 Å². The molecule has 0 aromatic heterocycles. The highest BCUT2D eigenvalue weighted by atomic mass is 35.5. The second-order valence-corrected chi connectivity index (χ2v) is 3.77. The lowest BCUT2D eigenvalue weighted by Crippen LogP contribution is -2.34. The minimum atomic E-state index is -0.438. The van der Waals surface area contributed by atoms with Gasteiger partial charge in [0.05, 0.1) is 31.3 Å². The van der Waals surface area contributed by atoms with E-state index in [1.54, 1.807) is 6.07 Å². The summed E-state index contributed by atoms with van der Waals surface area (Å²) in [6, 6.07) is 4.97. The third-order valence-electron chi connectivity index (χ3n) is 2.72. The summed E-state index contributed by atoms with van der Waals surface area (Å²) in [5.41, 5.74) is 0.828. The van der Waals surface area contributed by atoms with E-state index in [0.29, 0.717) is 13.2 Å². The van der Waals surface area contributed by atoms with Crippen molar-refractivity contribution in [1.29, 1.82) is 0 Å². The number of morpholine rings is 1. The van der Waals surface area contributed by atoms with Crippen LogP contribution in [0.1, 0.15) is 11.6 Å². The molecule has 0 saturated carbocycles. The summed E-state index contributed by atoms with van der Waals surface area (Å²) < 4.78 is 10.3. The van der Waals surface area contributed by atoms with E-state index in [1.165, 1.54) is 13.2 Å². The molecule has 1 N–H and O–H groups in total. The molecule has 1 atom stereocenters. The number of nitro benzene ring substituents is 1. The first-order chi connectivity index (χ1) is 8.22. The van der Waals surface area contributed by atoms with E-state index in [-0.39, 0.29) is 29.9 Å². The zero-order valence-corrected chi connectivity index (χ0v) is 10.7. The maximum atomic E-state index is 10.9. The minimum Gasteiger partial charge on any atom is -0.490 e. The molecular formula is C11H15ClN2O4. The van der Waals surface area contributed by atoms with Gasteiger partial charge < -0.3 is 14.8 Å². The van der Waals surface area contributed by atoms with Gasteiger partial charge in [0.25, 0.3) is 0 Å². The van der Waals surface area contributed by atoms with Gasteiger partial charge in [0.15, 0.2) is 5.75 Å². The first kappa shape index (κ1) is 14.7. The normalized spacial score (nSPS) is 18.8. The number of nitrogens with one attached hydrogen (secondary N) is 1. The number of rotatable bonds is 3. The van der Waals surface area contributed by atoms with Crippen LogP contribution in [0.25, 0.3) is 0 Å². The summed E-state index contributed by atoms with van der Waals surface area (Å²) >= 11 is 0. The average molecular weight is 275 g/mol. The van der Waals surface area contributed by atoms with Crippen LogP contribution in [0.4, 0.5) is 5.69 Å². The van der Waals surface area contributed by atoms with Crippen LogP contribution in [-0.4, -0.2) is 31.8 Å². The SMILES string of the molecule is COc1ccc([C@@H]2COCCN2)cc1[N+](=O)[O-].Cl. The second kappa shape index (κ2) is 6.53. The maximum absolute atomic E-state index is 10.9. The van der Waals surface area contributed by atoms with Gasteiger partial charge in [-0.05, 0) is 11.6 Å². The van der Waals surface area contributed by atoms with Gasteiger partial charge in [0.1, 0.15) is 0 Å². The Labute approximate surface area is 111 Å². The van der Waals surface area contributed by atoms with Gasteiger partial charge in [-0.25, -0.2) is 0 Å². The van der Waals surface area contributed by atoms with Gasteiger partial charge in [0, 0.05) is 12.6 Å². The molecular weight excluding hydrogens is 260 g/mol. The first-order valence-corrected chi connectivity index (χ1v) is 5.36. The summed E-state index contributed by atoms with van der Waals surface area (Å²) in [7, 11) is 1.42. The van der Waals surface area contributed by atoms with Crippen molar-refractivity contribution >= 4 is 18.1 Å². The molecule has 0 amide bonds. The summed E-state index contributed by atoms with van der Waals surface area (Å²) in [6.07, 6.45) is 0. The molecule has 0 aliphatic carbocycles. The molecule has 0 radical (unpaired) electrons. The van der Waals surface area contributed by atoms with Crippen molar-refractivity contribution in [2.75, 3.05) is 26.9 Å². The van der Waals surface area contributed by atoms with Gasteiger partial charge in [-0.15, -0.1) is 12.4 Å². The van der Waals surface area contributed by atoms with Crippen LogP contribution in [-0.2, 0) is 4.74 Å². The lowest BCUT2D eigenvalue weighted by molar-refractivity contribution is -0.385. The average Bonchev–Trinajstić information content (AvgIpc) is 2.39. The Kier molecular flexibility index (Phi) is 5.33. The lowest BCUT2D eigenvalue weighted by atomic mass is 10.1. The van der Waals surface area contributed by atoms with Crippen LogP contribution in [0, 0.1) is 10.1 Å². The molecule has 6 nitrogen and oxygen atoms in total. The van der Waals surface area contributed by atoms with Gasteiger partial charge >= 0.3 is 5.69 Å². The van der Waals surface area contributed by atoms with Crippen molar-refractivity contribution in [3.63, 3.8) is 0 Å². The molecule has 0 unspecified atom stereocenters. The quantitative estimate of drug-likeness (QED) is 0.671. The third-order valence-corrected chi connectivity index (χ3v) is 2.72. The fourth-order valence-corrected chi connectivity index (χ4v) is 1.85. The Morgan fingerprint density at radius 2 is 2.33 bits per heavy atom. The van der Waals surface area contributed by atoms with E-state index < -0.39 is 4.92 Å². The summed E-state index contributed by atoms with van der Waals surface area (Å²) in [5, 5.41) is 14.1. The number of ether oxygens (including phenoxy) is 2. The zero-order valence-electron chi connectivity index (χ0n) is 9.92. The highest BCUT2D eigenvalue weighted by molar-refractivity contribution is 5.85. The molecule has 0 bridgehead atoms. The van der Waals surface area contributed by atoms with E-state index in [1.807, 2.05) is 6.07 Å². The highest BCUT2D eigenvalue weighted by Gasteiger charge is 2.21. The molecule has 1 saturated heterocycles. The zero-order chi connectivity index (χ0) is 12.3. The van der Waals surface area contributed by atoms with Crippen molar-refractivity contribution in [3.8, 4) is 5.75 Å². The van der Waals surface area contributed by atoms with Crippen LogP contribution in [0.15, 0.2) is 18.2 Å². The molecule has 2 rings (SSSR count). The number of hydrogen-bond donors (Lipinski definition) is 1. The number of nitro groups is 1. The Morgan fingerprint density at radius 3 is 2.89 bits per heavy atom. The maximum Gasteiger partial charge on any atom is 0.311 e. The van der Waals surface area contributed by atoms with E-state index in [2.05, 4.69) is 5.32 Å². The molecule has 1 aromatic rings. The number of nitrogens with zero attached hydrogens (tertiary/aromatic N) is 1. The molecule has 1 aliphatic rings. The minimum absolute atomic E-state index is 0. The van der Waals surface area contributed by atoms with Gasteiger partial charge in [-0.3, -0.25) is 10.1 Å². The summed E-state index contributed by atoms with van der Waals surface area (Å²) in [5.74, 6) is 0.274. The number of halogens is 1. The van der Waals surface area contributed by atoms with E-state index in [4.69, 9.17) is 9.47 Å². The Bertz CT molecular complexity index is 422. The molecule has 100 valence electrons. The number of benzene rings is 1. The standard InChI is InChI=1S/C11H14N2O4.ClH/c1-16-11-3-2-8(6-10(11)13(14)15)9-7-17-5-4-12-9;/h2-3,6,9,12H,4-5,7H2,1H3;1H/t9-;/m0./s1. The molecule has 1 aromatic carbocycles. The molecule has 1 aliphatic heterocycles. The number of hydrogen-bond acceptors (Lipinski definition) is 5. The van der Waals surface area contributed by atoms with Crippen molar-refractivity contribution < 1.29 is 14.4 Å². The summed E-state index contributed by atoms with van der Waals surface area (Å²) in [6.45, 7) is 1.96. The molecule has 1 fully saturated rings. The predicted octanol–water partition coefficient (Wildman–Crippen LogP) is 1.69. The Morgan fingerprint density at radius 1 is 1.56 bits per heavy atom. The van der Waals surface area contributed by atoms with Crippen LogP contribution < -0.4 is 10.1 Å². The monoisotopic (exact) mass is 274 g/mol.